The van der Waals surface area contributed by atoms with Crippen molar-refractivity contribution in [3.05, 3.63) is 18.2 Å². The summed E-state index contributed by atoms with van der Waals surface area (Å²) < 4.78 is 13.3. The fourth-order valence-corrected chi connectivity index (χ4v) is 4.58. The summed E-state index contributed by atoms with van der Waals surface area (Å²) in [7, 11) is 0. The molecule has 2 aliphatic heterocycles. The van der Waals surface area contributed by atoms with Gasteiger partial charge in [0.05, 0.1) is 28.9 Å². The first kappa shape index (κ1) is 19.4. The van der Waals surface area contributed by atoms with Crippen LogP contribution in [0.4, 0.5) is 17.1 Å². The number of hydrogen-bond donors (Lipinski definition) is 1. The summed E-state index contributed by atoms with van der Waals surface area (Å²) in [6.45, 7) is 0.926. The second-order valence-corrected chi connectivity index (χ2v) is 7.84. The Hall–Kier alpha value is -2.88. The number of esters is 1. The molecule has 0 radical (unpaired) electrons. The molecule has 3 atom stereocenters. The van der Waals surface area contributed by atoms with Gasteiger partial charge >= 0.3 is 5.97 Å². The van der Waals surface area contributed by atoms with Gasteiger partial charge in [0.25, 0.3) is 5.91 Å². The van der Waals surface area contributed by atoms with Crippen LogP contribution in [-0.2, 0) is 35.3 Å². The highest BCUT2D eigenvalue weighted by molar-refractivity contribution is 7.58. The van der Waals surface area contributed by atoms with Crippen molar-refractivity contribution < 1.29 is 23.9 Å². The normalized spacial score (nSPS) is 23.3. The summed E-state index contributed by atoms with van der Waals surface area (Å²) in [4.78, 5) is 50.7. The summed E-state index contributed by atoms with van der Waals surface area (Å²) in [5.74, 6) is -2.61. The maximum Gasteiger partial charge on any atom is 0.329 e. The highest BCUT2D eigenvalue weighted by atomic mass is 32.1. The molecule has 152 valence electrons. The van der Waals surface area contributed by atoms with E-state index in [-0.39, 0.29) is 23.7 Å². The Kier molecular flexibility index (Phi) is 5.27. The van der Waals surface area contributed by atoms with Gasteiger partial charge in [-0.3, -0.25) is 19.3 Å². The maximum atomic E-state index is 12.6. The number of carbonyl (C=O) groups is 4. The van der Waals surface area contributed by atoms with E-state index in [9.17, 15) is 19.2 Å². The SMILES string of the molecule is C[C@@H](C(=O)OCC(=O)Nc1cccc2c1N=S=N2)N1C(=O)C2CCCCC2C1=O. The van der Waals surface area contributed by atoms with Gasteiger partial charge < -0.3 is 10.1 Å². The predicted molar refractivity (Wildman–Crippen MR) is 104 cm³/mol. The molecule has 0 aromatic heterocycles. The zero-order valence-corrected chi connectivity index (χ0v) is 16.6. The Morgan fingerprint density at radius 1 is 1.21 bits per heavy atom. The van der Waals surface area contributed by atoms with Crippen molar-refractivity contribution >= 4 is 52.1 Å². The highest BCUT2D eigenvalue weighted by Crippen LogP contribution is 2.39. The largest absolute Gasteiger partial charge is 0.454 e. The van der Waals surface area contributed by atoms with E-state index in [4.69, 9.17) is 4.74 Å². The van der Waals surface area contributed by atoms with Crippen molar-refractivity contribution in [2.24, 2.45) is 20.6 Å². The van der Waals surface area contributed by atoms with Crippen LogP contribution in [0.3, 0.4) is 0 Å². The van der Waals surface area contributed by atoms with Gasteiger partial charge in [0.2, 0.25) is 11.8 Å². The van der Waals surface area contributed by atoms with E-state index >= 15 is 0 Å². The van der Waals surface area contributed by atoms with Crippen LogP contribution in [0.15, 0.2) is 26.9 Å². The van der Waals surface area contributed by atoms with Crippen molar-refractivity contribution in [3.8, 4) is 0 Å². The number of imide groups is 1. The number of nitrogens with zero attached hydrogens (tertiary/aromatic N) is 3. The lowest BCUT2D eigenvalue weighted by Crippen LogP contribution is -2.45. The van der Waals surface area contributed by atoms with Crippen LogP contribution in [0, 0.1) is 11.8 Å². The number of rotatable bonds is 5. The molecular weight excluding hydrogens is 396 g/mol. The average molecular weight is 416 g/mol. The van der Waals surface area contributed by atoms with Gasteiger partial charge in [0.15, 0.2) is 6.61 Å². The quantitative estimate of drug-likeness (QED) is 0.593. The molecule has 4 rings (SSSR count). The fraction of sp³-hybridized carbons (Fsp3) is 0.474. The molecular formula is C19H20N4O5S. The minimum absolute atomic E-state index is 0.309. The Bertz CT molecular complexity index is 947. The number of likely N-dealkylation sites (tertiary alicyclic amines) is 1. The lowest BCUT2D eigenvalue weighted by Gasteiger charge is -2.21. The molecule has 3 amide bonds. The van der Waals surface area contributed by atoms with E-state index in [2.05, 4.69) is 14.0 Å². The van der Waals surface area contributed by atoms with E-state index in [1.54, 1.807) is 18.2 Å². The van der Waals surface area contributed by atoms with Gasteiger partial charge in [-0.25, -0.2) is 4.79 Å². The molecule has 9 nitrogen and oxygen atoms in total. The second kappa shape index (κ2) is 7.86. The third-order valence-corrected chi connectivity index (χ3v) is 6.05. The van der Waals surface area contributed by atoms with E-state index in [0.29, 0.717) is 29.9 Å². The topological polar surface area (TPSA) is 118 Å². The molecule has 3 aliphatic rings. The van der Waals surface area contributed by atoms with Gasteiger partial charge in [0.1, 0.15) is 17.4 Å². The number of amides is 3. The fourth-order valence-electron chi connectivity index (χ4n) is 4.03. The minimum atomic E-state index is -1.06. The first-order valence-electron chi connectivity index (χ1n) is 9.52. The average Bonchev–Trinajstić information content (AvgIpc) is 3.30. The summed E-state index contributed by atoms with van der Waals surface area (Å²) in [6.07, 6.45) is 3.17. The van der Waals surface area contributed by atoms with Crippen molar-refractivity contribution in [1.82, 2.24) is 4.90 Å². The Morgan fingerprint density at radius 2 is 1.90 bits per heavy atom. The van der Waals surface area contributed by atoms with Gasteiger partial charge in [-0.05, 0) is 31.9 Å². The van der Waals surface area contributed by atoms with E-state index in [1.165, 1.54) is 6.92 Å². The summed E-state index contributed by atoms with van der Waals surface area (Å²) in [5, 5.41) is 2.63. The molecule has 1 aromatic carbocycles. The number of benzene rings is 1. The molecule has 1 saturated heterocycles. The van der Waals surface area contributed by atoms with Gasteiger partial charge in [-0.1, -0.05) is 18.9 Å². The number of ether oxygens (including phenoxy) is 1. The Labute approximate surface area is 170 Å². The first-order valence-corrected chi connectivity index (χ1v) is 10.2. The maximum absolute atomic E-state index is 12.6. The van der Waals surface area contributed by atoms with E-state index in [1.807, 2.05) is 0 Å². The molecule has 1 aliphatic carbocycles. The third-order valence-electron chi connectivity index (χ3n) is 5.51. The number of fused-ring (bicyclic) bond motifs is 2. The number of anilines is 1. The number of hydrogen-bond acceptors (Lipinski definition) is 7. The van der Waals surface area contributed by atoms with Crippen LogP contribution in [0.5, 0.6) is 0 Å². The lowest BCUT2D eigenvalue weighted by molar-refractivity contribution is -0.159. The molecule has 1 N–H and O–H groups in total. The van der Waals surface area contributed by atoms with Crippen LogP contribution in [-0.4, -0.2) is 41.2 Å². The Morgan fingerprint density at radius 3 is 2.59 bits per heavy atom. The molecule has 2 unspecified atom stereocenters. The molecule has 1 aromatic rings. The monoisotopic (exact) mass is 416 g/mol. The Balaban J connectivity index is 1.34. The second-order valence-electron chi connectivity index (χ2n) is 7.31. The summed E-state index contributed by atoms with van der Waals surface area (Å²) in [6, 6.07) is 4.13. The molecule has 0 spiro atoms. The van der Waals surface area contributed by atoms with Crippen molar-refractivity contribution in [1.29, 1.82) is 0 Å². The van der Waals surface area contributed by atoms with Crippen LogP contribution < -0.4 is 5.32 Å². The molecule has 2 fully saturated rings. The first-order chi connectivity index (χ1) is 14.0. The standard InChI is InChI=1S/C19H20N4O5S/c1-10(23-17(25)11-5-2-3-6-12(11)18(23)26)19(27)28-9-15(24)20-13-7-4-8-14-16(13)22-29-21-14/h4,7-8,10-12H,2-3,5-6,9H2,1H3,(H,20,24)/t10-,11?,12?/m0/s1. The molecule has 1 saturated carbocycles. The smallest absolute Gasteiger partial charge is 0.329 e. The van der Waals surface area contributed by atoms with Crippen molar-refractivity contribution in [3.63, 3.8) is 0 Å². The summed E-state index contributed by atoms with van der Waals surface area (Å²) >= 11 is 1.03. The molecule has 29 heavy (non-hydrogen) atoms. The van der Waals surface area contributed by atoms with Crippen LogP contribution in [0.2, 0.25) is 0 Å². The van der Waals surface area contributed by atoms with E-state index in [0.717, 1.165) is 29.1 Å². The minimum Gasteiger partial charge on any atom is -0.454 e. The van der Waals surface area contributed by atoms with Crippen LogP contribution in [0.25, 0.3) is 0 Å². The van der Waals surface area contributed by atoms with Crippen molar-refractivity contribution in [2.75, 3.05) is 11.9 Å². The third kappa shape index (κ3) is 3.59. The summed E-state index contributed by atoms with van der Waals surface area (Å²) in [5.41, 5.74) is 1.69. The van der Waals surface area contributed by atoms with Crippen LogP contribution >= 0.6 is 0 Å². The van der Waals surface area contributed by atoms with Gasteiger partial charge in [-0.15, -0.1) is 0 Å². The zero-order valence-electron chi connectivity index (χ0n) is 15.8. The number of nitrogens with one attached hydrogen (secondary N) is 1. The van der Waals surface area contributed by atoms with E-state index < -0.39 is 24.5 Å². The van der Waals surface area contributed by atoms with Gasteiger partial charge in [0, 0.05) is 0 Å². The zero-order chi connectivity index (χ0) is 20.5. The van der Waals surface area contributed by atoms with Gasteiger partial charge in [-0.2, -0.15) is 8.73 Å². The highest BCUT2D eigenvalue weighted by Gasteiger charge is 2.51. The molecule has 10 heteroatoms. The number of carbonyl (C=O) groups excluding carboxylic acids is 4. The lowest BCUT2D eigenvalue weighted by atomic mass is 9.81. The molecule has 2 heterocycles. The predicted octanol–water partition coefficient (Wildman–Crippen LogP) is 2.46. The molecule has 0 bridgehead atoms. The van der Waals surface area contributed by atoms with Crippen molar-refractivity contribution in [2.45, 2.75) is 38.6 Å². The van der Waals surface area contributed by atoms with Crippen LogP contribution in [0.1, 0.15) is 32.6 Å².